The normalized spacial score (nSPS) is 25.6. The zero-order valence-corrected chi connectivity index (χ0v) is 8.84. The SMILES string of the molecule is CO[C](=[Cr])C1CC1c1ccccc1. The molecule has 0 spiro atoms. The van der Waals surface area contributed by atoms with Gasteiger partial charge in [-0.3, -0.25) is 0 Å². The molecule has 1 aliphatic carbocycles. The summed E-state index contributed by atoms with van der Waals surface area (Å²) >= 11 is 2.98. The van der Waals surface area contributed by atoms with E-state index >= 15 is 0 Å². The molecule has 0 heterocycles. The summed E-state index contributed by atoms with van der Waals surface area (Å²) in [6, 6.07) is 10.6. The van der Waals surface area contributed by atoms with Crippen molar-refractivity contribution in [3.63, 3.8) is 0 Å². The second-order valence-electron chi connectivity index (χ2n) is 3.38. The van der Waals surface area contributed by atoms with Gasteiger partial charge in [0, 0.05) is 0 Å². The van der Waals surface area contributed by atoms with Gasteiger partial charge in [0.15, 0.2) is 0 Å². The Bertz CT molecular complexity index is 307. The third-order valence-corrected chi connectivity index (χ3v) is 3.26. The van der Waals surface area contributed by atoms with Crippen LogP contribution in [0.4, 0.5) is 0 Å². The number of benzene rings is 1. The molecule has 0 aromatic heterocycles. The third-order valence-electron chi connectivity index (χ3n) is 2.52. The van der Waals surface area contributed by atoms with Crippen LogP contribution in [0.15, 0.2) is 30.3 Å². The van der Waals surface area contributed by atoms with E-state index in [-0.39, 0.29) is 0 Å². The molecule has 1 saturated carbocycles. The van der Waals surface area contributed by atoms with Gasteiger partial charge in [0.05, 0.1) is 0 Å². The molecular formula is C11H12CrO. The first-order chi connectivity index (χ1) is 6.33. The summed E-state index contributed by atoms with van der Waals surface area (Å²) in [5.74, 6) is 1.28. The first-order valence-electron chi connectivity index (χ1n) is 4.45. The molecule has 1 aromatic carbocycles. The maximum absolute atomic E-state index is 5.19. The van der Waals surface area contributed by atoms with E-state index in [0.717, 1.165) is 4.57 Å². The summed E-state index contributed by atoms with van der Waals surface area (Å²) in [5.41, 5.74) is 1.43. The fourth-order valence-corrected chi connectivity index (χ4v) is 2.08. The molecule has 0 radical (unpaired) electrons. The van der Waals surface area contributed by atoms with Gasteiger partial charge in [-0.05, 0) is 0 Å². The van der Waals surface area contributed by atoms with Crippen molar-refractivity contribution in [3.8, 4) is 0 Å². The number of hydrogen-bond donors (Lipinski definition) is 0. The first-order valence-corrected chi connectivity index (χ1v) is 5.09. The Kier molecular flexibility index (Phi) is 2.64. The van der Waals surface area contributed by atoms with Gasteiger partial charge in [-0.25, -0.2) is 0 Å². The monoisotopic (exact) mass is 212 g/mol. The standard InChI is InChI=1S/C11H12O.Cr/c1-12-8-10-7-11(10)9-5-3-2-4-6-9;/h2-6,10-11H,7H2,1H3;. The molecule has 1 aromatic rings. The van der Waals surface area contributed by atoms with Crippen LogP contribution in [0.3, 0.4) is 0 Å². The average Bonchev–Trinajstić information content (AvgIpc) is 2.98. The van der Waals surface area contributed by atoms with Gasteiger partial charge in [0.1, 0.15) is 0 Å². The van der Waals surface area contributed by atoms with E-state index in [4.69, 9.17) is 4.74 Å². The van der Waals surface area contributed by atoms with Crippen LogP contribution in [0.1, 0.15) is 17.9 Å². The molecule has 1 aliphatic rings. The van der Waals surface area contributed by atoms with Crippen LogP contribution < -0.4 is 0 Å². The summed E-state index contributed by atoms with van der Waals surface area (Å²) in [5, 5.41) is 0. The van der Waals surface area contributed by atoms with Crippen molar-refractivity contribution in [1.29, 1.82) is 0 Å². The van der Waals surface area contributed by atoms with E-state index in [0.29, 0.717) is 11.8 Å². The molecule has 0 saturated heterocycles. The van der Waals surface area contributed by atoms with Crippen LogP contribution in [0.2, 0.25) is 0 Å². The van der Waals surface area contributed by atoms with Gasteiger partial charge in [-0.2, -0.15) is 0 Å². The summed E-state index contributed by atoms with van der Waals surface area (Å²) in [4.78, 5) is 0. The number of hydrogen-bond acceptors (Lipinski definition) is 1. The molecule has 13 heavy (non-hydrogen) atoms. The van der Waals surface area contributed by atoms with E-state index in [1.54, 1.807) is 7.11 Å². The van der Waals surface area contributed by atoms with Crippen molar-refractivity contribution >= 4 is 4.57 Å². The zero-order valence-electron chi connectivity index (χ0n) is 7.57. The van der Waals surface area contributed by atoms with Crippen molar-refractivity contribution < 1.29 is 20.6 Å². The van der Waals surface area contributed by atoms with Crippen molar-refractivity contribution in [1.82, 2.24) is 0 Å². The Morgan fingerprint density at radius 1 is 1.38 bits per heavy atom. The van der Waals surface area contributed by atoms with Gasteiger partial charge < -0.3 is 0 Å². The zero-order chi connectivity index (χ0) is 9.26. The topological polar surface area (TPSA) is 9.23 Å². The van der Waals surface area contributed by atoms with Crippen LogP contribution >= 0.6 is 0 Å². The minimum absolute atomic E-state index is 0.604. The molecular weight excluding hydrogens is 200 g/mol. The van der Waals surface area contributed by atoms with Crippen LogP contribution in [-0.4, -0.2) is 11.7 Å². The quantitative estimate of drug-likeness (QED) is 0.745. The van der Waals surface area contributed by atoms with E-state index < -0.39 is 0 Å². The van der Waals surface area contributed by atoms with Crippen LogP contribution in [0.5, 0.6) is 0 Å². The summed E-state index contributed by atoms with van der Waals surface area (Å²) in [6.45, 7) is 0. The van der Waals surface area contributed by atoms with Gasteiger partial charge in [0.25, 0.3) is 0 Å². The molecule has 0 amide bonds. The maximum atomic E-state index is 5.19. The molecule has 2 unspecified atom stereocenters. The number of methoxy groups -OCH3 is 1. The Morgan fingerprint density at radius 2 is 2.08 bits per heavy atom. The number of rotatable bonds is 3. The second-order valence-corrected chi connectivity index (χ2v) is 4.01. The van der Waals surface area contributed by atoms with Crippen molar-refractivity contribution in [2.24, 2.45) is 5.92 Å². The number of ether oxygens (including phenoxy) is 1. The molecule has 2 atom stereocenters. The van der Waals surface area contributed by atoms with E-state index in [1.165, 1.54) is 12.0 Å². The van der Waals surface area contributed by atoms with E-state index in [2.05, 4.69) is 46.2 Å². The Hall–Kier alpha value is -0.418. The molecule has 68 valence electrons. The Morgan fingerprint density at radius 3 is 2.69 bits per heavy atom. The van der Waals surface area contributed by atoms with Crippen LogP contribution in [0, 0.1) is 5.92 Å². The van der Waals surface area contributed by atoms with Gasteiger partial charge in [-0.15, -0.1) is 0 Å². The van der Waals surface area contributed by atoms with Gasteiger partial charge in [0.2, 0.25) is 0 Å². The summed E-state index contributed by atoms with van der Waals surface area (Å²) < 4.78 is 6.24. The summed E-state index contributed by atoms with van der Waals surface area (Å²) in [7, 11) is 1.73. The van der Waals surface area contributed by atoms with Gasteiger partial charge in [-0.1, -0.05) is 0 Å². The minimum atomic E-state index is 0.604. The molecule has 2 heteroatoms. The predicted molar refractivity (Wildman–Crippen MR) is 49.3 cm³/mol. The Labute approximate surface area is 86.7 Å². The average molecular weight is 212 g/mol. The molecule has 1 nitrogen and oxygen atoms in total. The second kappa shape index (κ2) is 3.76. The van der Waals surface area contributed by atoms with Crippen molar-refractivity contribution in [3.05, 3.63) is 35.9 Å². The first kappa shape index (κ1) is 9.15. The third kappa shape index (κ3) is 1.91. The van der Waals surface area contributed by atoms with Crippen LogP contribution in [-0.2, 0) is 20.6 Å². The summed E-state index contributed by atoms with van der Waals surface area (Å²) in [6.07, 6.45) is 1.22. The fourth-order valence-electron chi connectivity index (χ4n) is 1.68. The molecule has 0 N–H and O–H groups in total. The van der Waals surface area contributed by atoms with E-state index in [1.807, 2.05) is 0 Å². The molecule has 2 rings (SSSR count). The predicted octanol–water partition coefficient (Wildman–Crippen LogP) is 2.11. The Balaban J connectivity index is 2.04. The van der Waals surface area contributed by atoms with Crippen LogP contribution in [0.25, 0.3) is 0 Å². The van der Waals surface area contributed by atoms with Crippen molar-refractivity contribution in [2.75, 3.05) is 7.11 Å². The van der Waals surface area contributed by atoms with E-state index in [9.17, 15) is 0 Å². The fraction of sp³-hybridized carbons (Fsp3) is 0.364. The molecule has 0 aliphatic heterocycles. The van der Waals surface area contributed by atoms with Crippen molar-refractivity contribution in [2.45, 2.75) is 12.3 Å². The van der Waals surface area contributed by atoms with Gasteiger partial charge >= 0.3 is 86.4 Å². The molecule has 1 fully saturated rings. The molecule has 0 bridgehead atoms.